The van der Waals surface area contributed by atoms with Gasteiger partial charge in [-0.25, -0.2) is 13.9 Å². The second-order valence-electron chi connectivity index (χ2n) is 11.1. The number of piperazine rings is 1. The molecule has 2 saturated heterocycles. The number of likely N-dealkylation sites (N-methyl/N-ethyl adjacent to an activating group) is 1. The number of carbonyl (C=O) groups is 2. The molecule has 2 amide bonds. The number of amides is 2. The summed E-state index contributed by atoms with van der Waals surface area (Å²) in [6, 6.07) is 14.3. The van der Waals surface area contributed by atoms with Gasteiger partial charge in [0, 0.05) is 49.1 Å². The Kier molecular flexibility index (Phi) is 11.1. The lowest BCUT2D eigenvalue weighted by Crippen LogP contribution is -2.63. The minimum absolute atomic E-state index is 0.00295. The fourth-order valence-electron chi connectivity index (χ4n) is 5.21. The summed E-state index contributed by atoms with van der Waals surface area (Å²) in [5.41, 5.74) is 3.35. The van der Waals surface area contributed by atoms with Crippen molar-refractivity contribution in [3.05, 3.63) is 60.2 Å². The maximum Gasteiger partial charge on any atom is 0.263 e. The highest BCUT2D eigenvalue weighted by atomic mass is 32.2. The average Bonchev–Trinajstić information content (AvgIpc) is 2.97. The molecule has 2 atom stereocenters. The molecule has 0 radical (unpaired) electrons. The van der Waals surface area contributed by atoms with Crippen molar-refractivity contribution >= 4 is 33.6 Å². The topological polar surface area (TPSA) is 108 Å². The summed E-state index contributed by atoms with van der Waals surface area (Å²) >= 11 is 1.46. The molecule has 0 aromatic heterocycles. The molecule has 2 fully saturated rings. The molecule has 2 aromatic carbocycles. The molecule has 12 heteroatoms. The highest BCUT2D eigenvalue weighted by Crippen LogP contribution is 2.43. The maximum absolute atomic E-state index is 14.2. The summed E-state index contributed by atoms with van der Waals surface area (Å²) in [4.78, 5) is 36.4. The summed E-state index contributed by atoms with van der Waals surface area (Å²) in [5, 5.41) is -0.346. The Morgan fingerprint density at radius 3 is 2.37 bits per heavy atom. The lowest BCUT2D eigenvalue weighted by molar-refractivity contribution is -0.139. The van der Waals surface area contributed by atoms with Crippen molar-refractivity contribution < 1.29 is 27.6 Å². The van der Waals surface area contributed by atoms with Gasteiger partial charge in [0.05, 0.1) is 11.5 Å². The smallest absolute Gasteiger partial charge is 0.263 e. The molecule has 0 saturated carbocycles. The highest BCUT2D eigenvalue weighted by Gasteiger charge is 2.51. The van der Waals surface area contributed by atoms with Crippen molar-refractivity contribution in [2.75, 3.05) is 46.4 Å². The number of rotatable bonds is 10. The molecule has 232 valence electrons. The predicted octanol–water partition coefficient (Wildman–Crippen LogP) is 2.75. The van der Waals surface area contributed by atoms with Crippen LogP contribution >= 0.6 is 11.8 Å². The van der Waals surface area contributed by atoms with Crippen molar-refractivity contribution in [3.8, 4) is 17.6 Å². The van der Waals surface area contributed by atoms with Gasteiger partial charge in [0.15, 0.2) is 0 Å². The number of ether oxygens (including phenoxy) is 1. The maximum atomic E-state index is 14.2. The van der Waals surface area contributed by atoms with Crippen LogP contribution in [0, 0.1) is 11.8 Å². The van der Waals surface area contributed by atoms with Crippen LogP contribution in [0.1, 0.15) is 32.8 Å². The number of hydrogen-bond acceptors (Lipinski definition) is 8. The van der Waals surface area contributed by atoms with Crippen LogP contribution in [0.15, 0.2) is 59.5 Å². The van der Waals surface area contributed by atoms with E-state index in [-0.39, 0.29) is 42.2 Å². The molecule has 1 N–H and O–H groups in total. The van der Waals surface area contributed by atoms with Crippen molar-refractivity contribution in [1.29, 1.82) is 0 Å². The lowest BCUT2D eigenvalue weighted by Gasteiger charge is -2.47. The van der Waals surface area contributed by atoms with E-state index in [0.29, 0.717) is 18.8 Å². The Labute approximate surface area is 259 Å². The number of nitrogens with zero attached hydrogens (tertiary/aromatic N) is 3. The van der Waals surface area contributed by atoms with Gasteiger partial charge in [-0.3, -0.25) is 14.4 Å². The third kappa shape index (κ3) is 8.52. The van der Waals surface area contributed by atoms with Crippen LogP contribution in [-0.2, 0) is 31.1 Å². The summed E-state index contributed by atoms with van der Waals surface area (Å²) in [6.07, 6.45) is 0.175. The van der Waals surface area contributed by atoms with E-state index in [1.54, 1.807) is 19.1 Å². The molecule has 10 nitrogen and oxygen atoms in total. The molecule has 43 heavy (non-hydrogen) atoms. The van der Waals surface area contributed by atoms with E-state index < -0.39 is 26.7 Å². The fourth-order valence-corrected chi connectivity index (χ4v) is 8.82. The zero-order chi connectivity index (χ0) is 31.0. The molecule has 0 aliphatic carbocycles. The Balaban J connectivity index is 1.56. The summed E-state index contributed by atoms with van der Waals surface area (Å²) in [6.45, 7) is 8.57. The van der Waals surface area contributed by atoms with E-state index in [0.717, 1.165) is 18.7 Å². The summed E-state index contributed by atoms with van der Waals surface area (Å²) < 4.78 is 34.2. The molecule has 2 aromatic rings. The SMILES string of the molecule is CC#CCOc1ccc(S(=O)(=O)N2C[C@H](CC(=O)N3CCN(C)CC3)SC(C)(C)[C@@H]2C(=O)NOCc2ccccc2)cc1. The van der Waals surface area contributed by atoms with Gasteiger partial charge in [-0.15, -0.1) is 17.7 Å². The van der Waals surface area contributed by atoms with Gasteiger partial charge in [-0.05, 0) is 57.6 Å². The first-order valence-electron chi connectivity index (χ1n) is 14.3. The van der Waals surface area contributed by atoms with E-state index in [1.807, 2.05) is 56.1 Å². The molecule has 2 heterocycles. The van der Waals surface area contributed by atoms with Gasteiger partial charge >= 0.3 is 0 Å². The van der Waals surface area contributed by atoms with Crippen molar-refractivity contribution in [1.82, 2.24) is 19.6 Å². The molecule has 0 bridgehead atoms. The van der Waals surface area contributed by atoms with E-state index in [4.69, 9.17) is 9.57 Å². The number of sulfonamides is 1. The number of nitrogens with one attached hydrogen (secondary N) is 1. The van der Waals surface area contributed by atoms with Crippen LogP contribution in [0.5, 0.6) is 5.75 Å². The summed E-state index contributed by atoms with van der Waals surface area (Å²) in [7, 11) is -2.13. The number of hydrogen-bond donors (Lipinski definition) is 1. The quantitative estimate of drug-likeness (QED) is 0.316. The largest absolute Gasteiger partial charge is 0.481 e. The number of thioether (sulfide) groups is 1. The van der Waals surface area contributed by atoms with E-state index in [1.165, 1.54) is 28.2 Å². The molecule has 2 aliphatic rings. The van der Waals surface area contributed by atoms with Crippen molar-refractivity contribution in [3.63, 3.8) is 0 Å². The van der Waals surface area contributed by atoms with Crippen LogP contribution in [0.25, 0.3) is 0 Å². The lowest BCUT2D eigenvalue weighted by atomic mass is 10.0. The second kappa shape index (κ2) is 14.6. The van der Waals surface area contributed by atoms with Crippen LogP contribution in [0.3, 0.4) is 0 Å². The minimum Gasteiger partial charge on any atom is -0.481 e. The van der Waals surface area contributed by atoms with Crippen LogP contribution in [0.4, 0.5) is 0 Å². The Morgan fingerprint density at radius 2 is 1.72 bits per heavy atom. The van der Waals surface area contributed by atoms with Crippen LogP contribution < -0.4 is 10.2 Å². The average molecular weight is 629 g/mol. The molecule has 2 aliphatic heterocycles. The Morgan fingerprint density at radius 1 is 1.05 bits per heavy atom. The predicted molar refractivity (Wildman–Crippen MR) is 167 cm³/mol. The Hall–Kier alpha value is -3.08. The second-order valence-corrected chi connectivity index (χ2v) is 15.0. The normalized spacial score (nSPS) is 21.0. The molecular formula is C31H40N4O6S2. The first kappa shape index (κ1) is 32.8. The molecule has 4 rings (SSSR count). The minimum atomic E-state index is -4.16. The third-order valence-corrected chi connectivity index (χ3v) is 10.8. The summed E-state index contributed by atoms with van der Waals surface area (Å²) in [5.74, 6) is 5.45. The van der Waals surface area contributed by atoms with Gasteiger partial charge in [-0.1, -0.05) is 36.3 Å². The standard InChI is InChI=1S/C31H40N4O6S2/c1-5-6-20-40-25-12-14-27(15-13-25)43(38,39)35-22-26(21-28(36)34-18-16-33(4)17-19-34)42-31(2,3)29(35)30(37)32-41-23-24-10-8-7-9-11-24/h7-15,26,29H,16-23H2,1-4H3,(H,32,37)/t26-,29-/m0/s1. The van der Waals surface area contributed by atoms with E-state index in [9.17, 15) is 18.0 Å². The molecular weight excluding hydrogens is 588 g/mol. The van der Waals surface area contributed by atoms with E-state index >= 15 is 0 Å². The van der Waals surface area contributed by atoms with Crippen LogP contribution in [0.2, 0.25) is 0 Å². The fraction of sp³-hybridized carbons (Fsp3) is 0.484. The first-order chi connectivity index (χ1) is 20.5. The van der Waals surface area contributed by atoms with Crippen LogP contribution in [-0.4, -0.2) is 96.8 Å². The third-order valence-electron chi connectivity index (χ3n) is 7.48. The Bertz CT molecular complexity index is 1420. The van der Waals surface area contributed by atoms with Gasteiger partial charge < -0.3 is 14.5 Å². The number of hydroxylamine groups is 1. The number of benzene rings is 2. The number of carbonyl (C=O) groups excluding carboxylic acids is 2. The van der Waals surface area contributed by atoms with E-state index in [2.05, 4.69) is 22.2 Å². The first-order valence-corrected chi connectivity index (χ1v) is 16.6. The zero-order valence-corrected chi connectivity index (χ0v) is 26.7. The van der Waals surface area contributed by atoms with Gasteiger partial charge in [-0.2, -0.15) is 4.31 Å². The van der Waals surface area contributed by atoms with Crippen molar-refractivity contribution in [2.24, 2.45) is 0 Å². The monoisotopic (exact) mass is 628 g/mol. The highest BCUT2D eigenvalue weighted by molar-refractivity contribution is 8.01. The van der Waals surface area contributed by atoms with Gasteiger partial charge in [0.25, 0.3) is 5.91 Å². The van der Waals surface area contributed by atoms with Crippen molar-refractivity contribution in [2.45, 2.75) is 54.7 Å². The zero-order valence-electron chi connectivity index (χ0n) is 25.1. The van der Waals surface area contributed by atoms with Gasteiger partial charge in [0.2, 0.25) is 15.9 Å². The molecule has 0 unspecified atom stereocenters. The molecule has 0 spiro atoms. The van der Waals surface area contributed by atoms with Gasteiger partial charge in [0.1, 0.15) is 18.4 Å².